The van der Waals surface area contributed by atoms with Crippen LogP contribution in [-0.2, 0) is 39.2 Å². The molecule has 0 bridgehead atoms. The van der Waals surface area contributed by atoms with Gasteiger partial charge in [0, 0.05) is 18.8 Å². The molecule has 1 aliphatic rings. The minimum Gasteiger partial charge on any atom is -0.280 e. The van der Waals surface area contributed by atoms with E-state index in [2.05, 4.69) is 4.72 Å². The number of hydrogen-bond donors (Lipinski definition) is 1. The Kier molecular flexibility index (Phi) is 5.97. The van der Waals surface area contributed by atoms with Crippen molar-refractivity contribution in [1.29, 1.82) is 0 Å². The van der Waals surface area contributed by atoms with Crippen molar-refractivity contribution < 1.29 is 30.0 Å². The van der Waals surface area contributed by atoms with Crippen molar-refractivity contribution in [3.63, 3.8) is 0 Å². The van der Waals surface area contributed by atoms with Gasteiger partial charge in [0.25, 0.3) is 10.0 Å². The molecule has 174 valence electrons. The third-order valence-corrected chi connectivity index (χ3v) is 8.53. The number of fused-ring (bicyclic) bond motifs is 1. The average Bonchev–Trinajstić information content (AvgIpc) is 2.78. The Labute approximate surface area is 189 Å². The Bertz CT molecular complexity index is 1390. The number of halogens is 3. The van der Waals surface area contributed by atoms with Crippen molar-refractivity contribution >= 4 is 25.7 Å². The summed E-state index contributed by atoms with van der Waals surface area (Å²) in [6.45, 7) is 0.325. The third kappa shape index (κ3) is 4.90. The summed E-state index contributed by atoms with van der Waals surface area (Å²) >= 11 is 0. The maximum absolute atomic E-state index is 13.0. The van der Waals surface area contributed by atoms with Crippen molar-refractivity contribution in [2.24, 2.45) is 0 Å². The van der Waals surface area contributed by atoms with E-state index < -0.39 is 36.7 Å². The zero-order valence-corrected chi connectivity index (χ0v) is 18.7. The summed E-state index contributed by atoms with van der Waals surface area (Å²) in [6.07, 6.45) is -4.23. The highest BCUT2D eigenvalue weighted by Crippen LogP contribution is 2.32. The van der Waals surface area contributed by atoms with Gasteiger partial charge in [0.05, 0.1) is 15.4 Å². The summed E-state index contributed by atoms with van der Waals surface area (Å²) in [7, 11) is -8.02. The largest absolute Gasteiger partial charge is 0.416 e. The second kappa shape index (κ2) is 8.47. The van der Waals surface area contributed by atoms with E-state index in [-0.39, 0.29) is 23.7 Å². The summed E-state index contributed by atoms with van der Waals surface area (Å²) in [5.74, 6) is 0. The normalized spacial score (nSPS) is 15.1. The molecule has 0 radical (unpaired) electrons. The molecule has 0 unspecified atom stereocenters. The van der Waals surface area contributed by atoms with Crippen LogP contribution in [0.1, 0.15) is 16.7 Å². The van der Waals surface area contributed by atoms with Gasteiger partial charge in [-0.05, 0) is 60.0 Å². The van der Waals surface area contributed by atoms with Crippen LogP contribution >= 0.6 is 0 Å². The van der Waals surface area contributed by atoms with Crippen LogP contribution < -0.4 is 4.72 Å². The van der Waals surface area contributed by atoms with Crippen LogP contribution in [0.2, 0.25) is 0 Å². The number of nitrogens with zero attached hydrogens (tertiary/aromatic N) is 1. The maximum atomic E-state index is 13.0. The fraction of sp³-hybridized carbons (Fsp3) is 0.182. The molecule has 0 saturated carbocycles. The molecular weight excluding hydrogens is 477 g/mol. The van der Waals surface area contributed by atoms with Crippen molar-refractivity contribution in [3.8, 4) is 0 Å². The highest BCUT2D eigenvalue weighted by molar-refractivity contribution is 7.92. The van der Waals surface area contributed by atoms with Gasteiger partial charge in [0.1, 0.15) is 0 Å². The minimum absolute atomic E-state index is 0.0473. The molecule has 0 amide bonds. The molecule has 1 aliphatic heterocycles. The lowest BCUT2D eigenvalue weighted by Crippen LogP contribution is -2.36. The predicted octanol–water partition coefficient (Wildman–Crippen LogP) is 4.25. The van der Waals surface area contributed by atoms with Crippen LogP contribution in [-0.4, -0.2) is 27.7 Å². The number of alkyl halides is 3. The van der Waals surface area contributed by atoms with Crippen molar-refractivity contribution in [2.75, 3.05) is 11.3 Å². The zero-order valence-electron chi connectivity index (χ0n) is 17.1. The van der Waals surface area contributed by atoms with Gasteiger partial charge in [-0.1, -0.05) is 30.3 Å². The minimum atomic E-state index is -4.68. The van der Waals surface area contributed by atoms with Crippen LogP contribution in [0.4, 0.5) is 18.9 Å². The Balaban J connectivity index is 1.59. The predicted molar refractivity (Wildman–Crippen MR) is 116 cm³/mol. The van der Waals surface area contributed by atoms with Crippen molar-refractivity contribution in [3.05, 3.63) is 89.5 Å². The first-order valence-corrected chi connectivity index (χ1v) is 12.8. The van der Waals surface area contributed by atoms with Gasteiger partial charge in [0.2, 0.25) is 10.0 Å². The standard InChI is InChI=1S/C22H19F3N2O4S2/c23-22(24,25)18-5-4-8-21(14-18)32(28,29)26-19-10-9-16-11-12-27(15-17(16)13-19)33(30,31)20-6-2-1-3-7-20/h1-10,13-14,26H,11-12,15H2. The van der Waals surface area contributed by atoms with E-state index in [0.717, 1.165) is 23.8 Å². The van der Waals surface area contributed by atoms with Gasteiger partial charge in [-0.25, -0.2) is 16.8 Å². The fourth-order valence-corrected chi connectivity index (χ4v) is 6.13. The smallest absolute Gasteiger partial charge is 0.280 e. The molecule has 0 fully saturated rings. The van der Waals surface area contributed by atoms with Crippen molar-refractivity contribution in [1.82, 2.24) is 4.31 Å². The Morgan fingerprint density at radius 1 is 0.788 bits per heavy atom. The van der Waals surface area contributed by atoms with E-state index in [1.165, 1.54) is 28.6 Å². The highest BCUT2D eigenvalue weighted by Gasteiger charge is 2.32. The molecule has 0 aliphatic carbocycles. The second-order valence-corrected chi connectivity index (χ2v) is 11.1. The molecule has 33 heavy (non-hydrogen) atoms. The maximum Gasteiger partial charge on any atom is 0.416 e. The Morgan fingerprint density at radius 2 is 1.48 bits per heavy atom. The van der Waals surface area contributed by atoms with Crippen LogP contribution in [0.15, 0.2) is 82.6 Å². The van der Waals surface area contributed by atoms with Gasteiger partial charge in [0.15, 0.2) is 0 Å². The number of rotatable bonds is 5. The second-order valence-electron chi connectivity index (χ2n) is 7.52. The quantitative estimate of drug-likeness (QED) is 0.573. The zero-order chi connectivity index (χ0) is 23.9. The number of hydrogen-bond acceptors (Lipinski definition) is 4. The van der Waals surface area contributed by atoms with E-state index in [1.807, 2.05) is 0 Å². The van der Waals surface area contributed by atoms with Crippen LogP contribution in [0.3, 0.4) is 0 Å². The molecule has 6 nitrogen and oxygen atoms in total. The first kappa shape index (κ1) is 23.3. The summed E-state index contributed by atoms with van der Waals surface area (Å²) in [6, 6.07) is 16.1. The van der Waals surface area contributed by atoms with Crippen LogP contribution in [0, 0.1) is 0 Å². The summed E-state index contributed by atoms with van der Waals surface area (Å²) in [5, 5.41) is 0. The topological polar surface area (TPSA) is 83.6 Å². The molecule has 0 aromatic heterocycles. The number of anilines is 1. The average molecular weight is 497 g/mol. The first-order chi connectivity index (χ1) is 15.5. The van der Waals surface area contributed by atoms with Crippen LogP contribution in [0.25, 0.3) is 0 Å². The molecular formula is C22H19F3N2O4S2. The van der Waals surface area contributed by atoms with E-state index in [0.29, 0.717) is 18.1 Å². The van der Waals surface area contributed by atoms with E-state index in [4.69, 9.17) is 0 Å². The molecule has 11 heteroatoms. The fourth-order valence-electron chi connectivity index (χ4n) is 3.60. The molecule has 0 spiro atoms. The Morgan fingerprint density at radius 3 is 2.18 bits per heavy atom. The summed E-state index contributed by atoms with van der Waals surface area (Å²) in [4.78, 5) is -0.363. The number of benzene rings is 3. The molecule has 0 saturated heterocycles. The van der Waals surface area contributed by atoms with Gasteiger partial charge < -0.3 is 0 Å². The van der Waals surface area contributed by atoms with Gasteiger partial charge in [-0.15, -0.1) is 0 Å². The van der Waals surface area contributed by atoms with E-state index in [9.17, 15) is 30.0 Å². The monoisotopic (exact) mass is 496 g/mol. The summed E-state index contributed by atoms with van der Waals surface area (Å²) < 4.78 is 93.7. The molecule has 0 atom stereocenters. The molecule has 3 aromatic rings. The van der Waals surface area contributed by atoms with E-state index >= 15 is 0 Å². The number of nitrogens with one attached hydrogen (secondary N) is 1. The highest BCUT2D eigenvalue weighted by atomic mass is 32.2. The lowest BCUT2D eigenvalue weighted by atomic mass is 10.0. The van der Waals surface area contributed by atoms with Gasteiger partial charge >= 0.3 is 6.18 Å². The lowest BCUT2D eigenvalue weighted by Gasteiger charge is -2.28. The number of sulfonamides is 2. The van der Waals surface area contributed by atoms with Gasteiger partial charge in [-0.2, -0.15) is 17.5 Å². The first-order valence-electron chi connectivity index (χ1n) is 9.84. The van der Waals surface area contributed by atoms with E-state index in [1.54, 1.807) is 24.3 Å². The molecule has 1 heterocycles. The Hall–Kier alpha value is -2.89. The lowest BCUT2D eigenvalue weighted by molar-refractivity contribution is -0.137. The molecule has 3 aromatic carbocycles. The van der Waals surface area contributed by atoms with Crippen molar-refractivity contribution in [2.45, 2.75) is 28.9 Å². The van der Waals surface area contributed by atoms with Gasteiger partial charge in [-0.3, -0.25) is 4.72 Å². The summed E-state index contributed by atoms with van der Waals surface area (Å²) in [5.41, 5.74) is 0.546. The van der Waals surface area contributed by atoms with Crippen LogP contribution in [0.5, 0.6) is 0 Å². The third-order valence-electron chi connectivity index (χ3n) is 5.29. The molecule has 4 rings (SSSR count). The SMILES string of the molecule is O=S(=O)(Nc1ccc2c(c1)CN(S(=O)(=O)c1ccccc1)CC2)c1cccc(C(F)(F)F)c1. The molecule has 1 N–H and O–H groups in total.